The Balaban J connectivity index is 1.39. The quantitative estimate of drug-likeness (QED) is 0.559. The molecule has 3 aromatic heterocycles. The van der Waals surface area contributed by atoms with Crippen LogP contribution in [0.15, 0.2) is 79.4 Å². The first-order valence-corrected chi connectivity index (χ1v) is 8.57. The number of rotatable bonds is 6. The smallest absolute Gasteiger partial charge is 0.251 e. The van der Waals surface area contributed by atoms with Gasteiger partial charge in [0, 0.05) is 24.0 Å². The third kappa shape index (κ3) is 4.18. The molecule has 1 amide bonds. The van der Waals surface area contributed by atoms with Gasteiger partial charge in [0.25, 0.3) is 5.91 Å². The van der Waals surface area contributed by atoms with Crippen molar-refractivity contribution in [2.24, 2.45) is 0 Å². The van der Waals surface area contributed by atoms with Gasteiger partial charge in [0.15, 0.2) is 0 Å². The van der Waals surface area contributed by atoms with Crippen LogP contribution in [0.25, 0.3) is 5.69 Å². The Labute approximate surface area is 160 Å². The molecular weight excluding hydrogens is 356 g/mol. The number of carbonyl (C=O) groups excluding carboxylic acids is 1. The lowest BCUT2D eigenvalue weighted by Crippen LogP contribution is -2.22. The highest BCUT2D eigenvalue weighted by Gasteiger charge is 2.09. The number of ether oxygens (including phenoxy) is 1. The minimum atomic E-state index is -0.234. The van der Waals surface area contributed by atoms with Gasteiger partial charge in [-0.1, -0.05) is 17.3 Å². The molecule has 0 saturated carbocycles. The van der Waals surface area contributed by atoms with Crippen LogP contribution in [-0.2, 0) is 6.54 Å². The number of carbonyl (C=O) groups is 1. The zero-order chi connectivity index (χ0) is 19.2. The van der Waals surface area contributed by atoms with Gasteiger partial charge < -0.3 is 10.1 Å². The minimum Gasteiger partial charge on any atom is -0.439 e. The molecule has 3 heterocycles. The number of pyridine rings is 2. The van der Waals surface area contributed by atoms with E-state index in [9.17, 15) is 4.79 Å². The van der Waals surface area contributed by atoms with Gasteiger partial charge in [-0.2, -0.15) is 0 Å². The lowest BCUT2D eigenvalue weighted by atomic mass is 10.2. The Morgan fingerprint density at radius 2 is 2.04 bits per heavy atom. The molecule has 0 unspecified atom stereocenters. The first-order valence-electron chi connectivity index (χ1n) is 8.57. The van der Waals surface area contributed by atoms with E-state index in [0.717, 1.165) is 5.69 Å². The zero-order valence-electron chi connectivity index (χ0n) is 14.8. The molecule has 8 heteroatoms. The van der Waals surface area contributed by atoms with Gasteiger partial charge in [0.1, 0.15) is 11.4 Å². The molecule has 0 spiro atoms. The largest absolute Gasteiger partial charge is 0.439 e. The topological polar surface area (TPSA) is 94.8 Å². The molecule has 28 heavy (non-hydrogen) atoms. The molecule has 8 nitrogen and oxygen atoms in total. The molecule has 0 fully saturated rings. The van der Waals surface area contributed by atoms with Crippen molar-refractivity contribution < 1.29 is 9.53 Å². The average Bonchev–Trinajstić information content (AvgIpc) is 3.23. The molecule has 4 aromatic rings. The number of benzene rings is 1. The van der Waals surface area contributed by atoms with Gasteiger partial charge in [-0.25, -0.2) is 9.67 Å². The van der Waals surface area contributed by atoms with E-state index in [1.807, 2.05) is 18.2 Å². The van der Waals surface area contributed by atoms with Crippen molar-refractivity contribution in [3.05, 3.63) is 90.6 Å². The fraction of sp³-hybridized carbons (Fsp3) is 0.0500. The SMILES string of the molecule is O=C(NCc1cn(-c2cccnc2)nn1)c1cccc(Oc2ccccn2)c1. The highest BCUT2D eigenvalue weighted by atomic mass is 16.5. The molecule has 4 rings (SSSR count). The fourth-order valence-electron chi connectivity index (χ4n) is 2.50. The van der Waals surface area contributed by atoms with Crippen LogP contribution in [0.5, 0.6) is 11.6 Å². The van der Waals surface area contributed by atoms with Crippen molar-refractivity contribution >= 4 is 5.91 Å². The Morgan fingerprint density at radius 3 is 2.86 bits per heavy atom. The van der Waals surface area contributed by atoms with Crippen LogP contribution >= 0.6 is 0 Å². The summed E-state index contributed by atoms with van der Waals surface area (Å²) in [6, 6.07) is 16.0. The maximum Gasteiger partial charge on any atom is 0.251 e. The zero-order valence-corrected chi connectivity index (χ0v) is 14.8. The molecule has 0 aliphatic rings. The molecule has 0 atom stereocenters. The molecule has 1 aromatic carbocycles. The van der Waals surface area contributed by atoms with Gasteiger partial charge in [0.2, 0.25) is 5.88 Å². The Kier molecular flexibility index (Phi) is 5.01. The second-order valence-corrected chi connectivity index (χ2v) is 5.85. The summed E-state index contributed by atoms with van der Waals surface area (Å²) in [5.74, 6) is 0.767. The maximum atomic E-state index is 12.5. The highest BCUT2D eigenvalue weighted by molar-refractivity contribution is 5.94. The second-order valence-electron chi connectivity index (χ2n) is 5.85. The van der Waals surface area contributed by atoms with Gasteiger partial charge >= 0.3 is 0 Å². The van der Waals surface area contributed by atoms with Crippen molar-refractivity contribution in [3.63, 3.8) is 0 Å². The minimum absolute atomic E-state index is 0.234. The van der Waals surface area contributed by atoms with Crippen LogP contribution in [0.4, 0.5) is 0 Å². The van der Waals surface area contributed by atoms with E-state index in [1.54, 1.807) is 65.9 Å². The predicted octanol–water partition coefficient (Wildman–Crippen LogP) is 2.78. The molecule has 0 radical (unpaired) electrons. The Morgan fingerprint density at radius 1 is 1.07 bits per heavy atom. The summed E-state index contributed by atoms with van der Waals surface area (Å²) in [7, 11) is 0. The number of nitrogens with zero attached hydrogens (tertiary/aromatic N) is 5. The molecule has 0 aliphatic heterocycles. The summed E-state index contributed by atoms with van der Waals surface area (Å²) in [6.45, 7) is 0.254. The molecule has 0 bridgehead atoms. The van der Waals surface area contributed by atoms with Crippen molar-refractivity contribution in [2.45, 2.75) is 6.54 Å². The summed E-state index contributed by atoms with van der Waals surface area (Å²) in [4.78, 5) is 20.6. The van der Waals surface area contributed by atoms with E-state index < -0.39 is 0 Å². The third-order valence-corrected chi connectivity index (χ3v) is 3.84. The summed E-state index contributed by atoms with van der Waals surface area (Å²) in [5.41, 5.74) is 1.91. The van der Waals surface area contributed by atoms with Crippen LogP contribution in [0.3, 0.4) is 0 Å². The third-order valence-electron chi connectivity index (χ3n) is 3.84. The average molecular weight is 372 g/mol. The lowest BCUT2D eigenvalue weighted by Gasteiger charge is -2.07. The van der Waals surface area contributed by atoms with E-state index in [-0.39, 0.29) is 12.5 Å². The number of nitrogens with one attached hydrogen (secondary N) is 1. The lowest BCUT2D eigenvalue weighted by molar-refractivity contribution is 0.0950. The van der Waals surface area contributed by atoms with E-state index in [0.29, 0.717) is 22.9 Å². The second kappa shape index (κ2) is 8.09. The first-order chi connectivity index (χ1) is 13.8. The molecule has 0 aliphatic carbocycles. The van der Waals surface area contributed by atoms with E-state index in [2.05, 4.69) is 25.6 Å². The maximum absolute atomic E-state index is 12.5. The van der Waals surface area contributed by atoms with Gasteiger partial charge in [0.05, 0.1) is 24.6 Å². The van der Waals surface area contributed by atoms with Gasteiger partial charge in [-0.3, -0.25) is 9.78 Å². The van der Waals surface area contributed by atoms with Crippen molar-refractivity contribution in [1.82, 2.24) is 30.3 Å². The van der Waals surface area contributed by atoms with E-state index >= 15 is 0 Å². The van der Waals surface area contributed by atoms with Crippen LogP contribution in [-0.4, -0.2) is 30.9 Å². The van der Waals surface area contributed by atoms with Gasteiger partial charge in [-0.15, -0.1) is 5.10 Å². The van der Waals surface area contributed by atoms with Crippen LogP contribution in [0.1, 0.15) is 16.1 Å². The standard InChI is InChI=1S/C20H16N6O2/c27-20(15-5-3-7-18(11-15)28-19-8-1-2-10-22-19)23-12-16-14-26(25-24-16)17-6-4-9-21-13-17/h1-11,13-14H,12H2,(H,23,27). The highest BCUT2D eigenvalue weighted by Crippen LogP contribution is 2.20. The summed E-state index contributed by atoms with van der Waals surface area (Å²) >= 11 is 0. The molecule has 138 valence electrons. The van der Waals surface area contributed by atoms with Crippen molar-refractivity contribution in [3.8, 4) is 17.3 Å². The van der Waals surface area contributed by atoms with Crippen LogP contribution in [0, 0.1) is 0 Å². The summed E-state index contributed by atoms with van der Waals surface area (Å²) in [5, 5.41) is 10.9. The molecule has 0 saturated heterocycles. The monoisotopic (exact) mass is 372 g/mol. The predicted molar refractivity (Wildman–Crippen MR) is 101 cm³/mol. The fourth-order valence-corrected chi connectivity index (χ4v) is 2.50. The number of hydrogen-bond donors (Lipinski definition) is 1. The summed E-state index contributed by atoms with van der Waals surface area (Å²) in [6.07, 6.45) is 6.76. The molecular formula is C20H16N6O2. The Hall–Kier alpha value is -4.07. The van der Waals surface area contributed by atoms with Crippen molar-refractivity contribution in [2.75, 3.05) is 0 Å². The van der Waals surface area contributed by atoms with Crippen LogP contribution in [0.2, 0.25) is 0 Å². The van der Waals surface area contributed by atoms with E-state index in [4.69, 9.17) is 4.74 Å². The summed E-state index contributed by atoms with van der Waals surface area (Å²) < 4.78 is 7.27. The van der Waals surface area contributed by atoms with E-state index in [1.165, 1.54) is 0 Å². The number of hydrogen-bond acceptors (Lipinski definition) is 6. The number of aromatic nitrogens is 5. The molecule has 1 N–H and O–H groups in total. The van der Waals surface area contributed by atoms with Gasteiger partial charge in [-0.05, 0) is 36.4 Å². The Bertz CT molecular complexity index is 1070. The first kappa shape index (κ1) is 17.3. The van der Waals surface area contributed by atoms with Crippen LogP contribution < -0.4 is 10.1 Å². The van der Waals surface area contributed by atoms with Crippen molar-refractivity contribution in [1.29, 1.82) is 0 Å². The number of amides is 1. The normalized spacial score (nSPS) is 10.4.